The van der Waals surface area contributed by atoms with Crippen LogP contribution in [0.5, 0.6) is 0 Å². The molecule has 1 atom stereocenters. The zero-order valence-electron chi connectivity index (χ0n) is 11.2. The van der Waals surface area contributed by atoms with Crippen LogP contribution in [-0.2, 0) is 4.79 Å². The molecule has 0 aromatic heterocycles. The van der Waals surface area contributed by atoms with E-state index in [1.165, 1.54) is 6.07 Å². The molecule has 1 aromatic carbocycles. The van der Waals surface area contributed by atoms with E-state index in [0.29, 0.717) is 19.5 Å². The highest BCUT2D eigenvalue weighted by Gasteiger charge is 2.39. The fourth-order valence-electron chi connectivity index (χ4n) is 2.36. The van der Waals surface area contributed by atoms with Crippen LogP contribution in [0.1, 0.15) is 23.7 Å². The van der Waals surface area contributed by atoms with Crippen molar-refractivity contribution in [2.75, 3.05) is 19.6 Å². The minimum Gasteiger partial charge on any atom is -0.369 e. The standard InChI is InChI=1S/C14H16F2N2O2/c1-14(13(17)20)4-5-18(8-14)7-12(19)9-2-3-10(15)11(16)6-9/h2-3,6H,4-5,7-8H2,1H3,(H2,17,20). The maximum Gasteiger partial charge on any atom is 0.224 e. The van der Waals surface area contributed by atoms with Gasteiger partial charge in [-0.15, -0.1) is 0 Å². The second-order valence-corrected chi connectivity index (χ2v) is 5.44. The van der Waals surface area contributed by atoms with Crippen molar-refractivity contribution in [2.45, 2.75) is 13.3 Å². The van der Waals surface area contributed by atoms with Gasteiger partial charge in [-0.25, -0.2) is 8.78 Å². The quantitative estimate of drug-likeness (QED) is 0.848. The van der Waals surface area contributed by atoms with Gasteiger partial charge in [0.2, 0.25) is 5.91 Å². The third-order valence-corrected chi connectivity index (χ3v) is 3.76. The van der Waals surface area contributed by atoms with Gasteiger partial charge in [0, 0.05) is 12.1 Å². The second-order valence-electron chi connectivity index (χ2n) is 5.44. The summed E-state index contributed by atoms with van der Waals surface area (Å²) >= 11 is 0. The lowest BCUT2D eigenvalue weighted by Gasteiger charge is -2.20. The Morgan fingerprint density at radius 3 is 2.60 bits per heavy atom. The van der Waals surface area contributed by atoms with Gasteiger partial charge in [-0.2, -0.15) is 0 Å². The molecule has 1 aromatic rings. The van der Waals surface area contributed by atoms with Gasteiger partial charge in [0.15, 0.2) is 17.4 Å². The van der Waals surface area contributed by atoms with Crippen molar-refractivity contribution in [3.8, 4) is 0 Å². The molecule has 1 fully saturated rings. The van der Waals surface area contributed by atoms with Crippen molar-refractivity contribution >= 4 is 11.7 Å². The largest absolute Gasteiger partial charge is 0.369 e. The molecule has 1 heterocycles. The minimum atomic E-state index is -1.04. The van der Waals surface area contributed by atoms with Crippen molar-refractivity contribution in [3.63, 3.8) is 0 Å². The molecule has 2 N–H and O–H groups in total. The molecule has 0 radical (unpaired) electrons. The van der Waals surface area contributed by atoms with Gasteiger partial charge in [0.1, 0.15) is 0 Å². The first-order valence-electron chi connectivity index (χ1n) is 6.32. The first kappa shape index (κ1) is 14.6. The van der Waals surface area contributed by atoms with Crippen LogP contribution in [0.3, 0.4) is 0 Å². The van der Waals surface area contributed by atoms with Crippen molar-refractivity contribution in [2.24, 2.45) is 11.1 Å². The number of benzene rings is 1. The summed E-state index contributed by atoms with van der Waals surface area (Å²) in [5, 5.41) is 0. The summed E-state index contributed by atoms with van der Waals surface area (Å²) in [4.78, 5) is 25.1. The number of ketones is 1. The van der Waals surface area contributed by atoms with E-state index in [2.05, 4.69) is 0 Å². The van der Waals surface area contributed by atoms with Gasteiger partial charge >= 0.3 is 0 Å². The van der Waals surface area contributed by atoms with Crippen molar-refractivity contribution in [3.05, 3.63) is 35.4 Å². The number of Topliss-reactive ketones (excluding diaryl/α,β-unsaturated/α-hetero) is 1. The van der Waals surface area contributed by atoms with E-state index in [4.69, 9.17) is 5.73 Å². The summed E-state index contributed by atoms with van der Waals surface area (Å²) in [5.41, 5.74) is 4.82. The second kappa shape index (κ2) is 5.28. The molecule has 1 unspecified atom stereocenters. The van der Waals surface area contributed by atoms with Crippen LogP contribution in [0.15, 0.2) is 18.2 Å². The molecule has 1 saturated heterocycles. The van der Waals surface area contributed by atoms with Gasteiger partial charge in [0.25, 0.3) is 0 Å². The Kier molecular flexibility index (Phi) is 3.85. The first-order chi connectivity index (χ1) is 9.32. The molecular formula is C14H16F2N2O2. The third kappa shape index (κ3) is 2.85. The first-order valence-corrected chi connectivity index (χ1v) is 6.32. The van der Waals surface area contributed by atoms with E-state index in [0.717, 1.165) is 12.1 Å². The van der Waals surface area contributed by atoms with Gasteiger partial charge in [-0.1, -0.05) is 0 Å². The Hall–Kier alpha value is -1.82. The van der Waals surface area contributed by atoms with Crippen LogP contribution >= 0.6 is 0 Å². The number of carbonyl (C=O) groups is 2. The number of hydrogen-bond acceptors (Lipinski definition) is 3. The molecule has 4 nitrogen and oxygen atoms in total. The zero-order chi connectivity index (χ0) is 14.9. The highest BCUT2D eigenvalue weighted by molar-refractivity contribution is 5.97. The Bertz CT molecular complexity index is 562. The smallest absolute Gasteiger partial charge is 0.224 e. The summed E-state index contributed by atoms with van der Waals surface area (Å²) in [6.45, 7) is 2.80. The van der Waals surface area contributed by atoms with Crippen LogP contribution in [0, 0.1) is 17.0 Å². The van der Waals surface area contributed by atoms with E-state index >= 15 is 0 Å². The Morgan fingerprint density at radius 1 is 1.35 bits per heavy atom. The van der Waals surface area contributed by atoms with Crippen molar-refractivity contribution in [1.29, 1.82) is 0 Å². The van der Waals surface area contributed by atoms with Crippen molar-refractivity contribution in [1.82, 2.24) is 4.90 Å². The fourth-order valence-corrected chi connectivity index (χ4v) is 2.36. The number of halogens is 2. The molecule has 2 rings (SSSR count). The van der Waals surface area contributed by atoms with Gasteiger partial charge in [0.05, 0.1) is 12.0 Å². The summed E-state index contributed by atoms with van der Waals surface area (Å²) < 4.78 is 25.9. The Balaban J connectivity index is 2.02. The maximum atomic E-state index is 13.1. The third-order valence-electron chi connectivity index (χ3n) is 3.76. The lowest BCUT2D eigenvalue weighted by Crippen LogP contribution is -2.38. The minimum absolute atomic E-state index is 0.0634. The number of amides is 1. The predicted octanol–water partition coefficient (Wildman–Crippen LogP) is 1.34. The molecule has 20 heavy (non-hydrogen) atoms. The van der Waals surface area contributed by atoms with Crippen LogP contribution in [0.4, 0.5) is 8.78 Å². The van der Waals surface area contributed by atoms with E-state index in [1.54, 1.807) is 11.8 Å². The molecule has 6 heteroatoms. The molecule has 1 amide bonds. The molecule has 1 aliphatic rings. The van der Waals surface area contributed by atoms with E-state index in [1.807, 2.05) is 0 Å². The summed E-state index contributed by atoms with van der Waals surface area (Å²) in [6, 6.07) is 3.07. The topological polar surface area (TPSA) is 63.4 Å². The SMILES string of the molecule is CC1(C(N)=O)CCN(CC(=O)c2ccc(F)c(F)c2)C1. The summed E-state index contributed by atoms with van der Waals surface area (Å²) in [6.07, 6.45) is 0.591. The number of likely N-dealkylation sites (tertiary alicyclic amines) is 1. The zero-order valence-corrected chi connectivity index (χ0v) is 11.2. The monoisotopic (exact) mass is 282 g/mol. The number of rotatable bonds is 4. The fraction of sp³-hybridized carbons (Fsp3) is 0.429. The van der Waals surface area contributed by atoms with Gasteiger partial charge in [-0.05, 0) is 38.1 Å². The van der Waals surface area contributed by atoms with Crippen LogP contribution in [-0.4, -0.2) is 36.2 Å². The average molecular weight is 282 g/mol. The molecule has 0 bridgehead atoms. The predicted molar refractivity (Wildman–Crippen MR) is 69.0 cm³/mol. The van der Waals surface area contributed by atoms with E-state index in [-0.39, 0.29) is 23.8 Å². The Morgan fingerprint density at radius 2 is 2.05 bits per heavy atom. The highest BCUT2D eigenvalue weighted by Crippen LogP contribution is 2.29. The van der Waals surface area contributed by atoms with Crippen molar-refractivity contribution < 1.29 is 18.4 Å². The number of primary amides is 1. The Labute approximate surface area is 115 Å². The molecule has 0 saturated carbocycles. The number of nitrogens with two attached hydrogens (primary N) is 1. The molecule has 0 spiro atoms. The van der Waals surface area contributed by atoms with E-state index < -0.39 is 17.0 Å². The number of carbonyl (C=O) groups excluding carboxylic acids is 2. The lowest BCUT2D eigenvalue weighted by molar-refractivity contribution is -0.126. The lowest BCUT2D eigenvalue weighted by atomic mass is 9.89. The molecular weight excluding hydrogens is 266 g/mol. The normalized spacial score (nSPS) is 22.9. The van der Waals surface area contributed by atoms with E-state index in [9.17, 15) is 18.4 Å². The van der Waals surface area contributed by atoms with Crippen LogP contribution in [0.25, 0.3) is 0 Å². The highest BCUT2D eigenvalue weighted by atomic mass is 19.2. The van der Waals surface area contributed by atoms with Crippen LogP contribution < -0.4 is 5.73 Å². The average Bonchev–Trinajstić information content (AvgIpc) is 2.75. The summed E-state index contributed by atoms with van der Waals surface area (Å²) in [5.74, 6) is -2.72. The molecule has 1 aliphatic heterocycles. The summed E-state index contributed by atoms with van der Waals surface area (Å²) in [7, 11) is 0. The molecule has 108 valence electrons. The van der Waals surface area contributed by atoms with Gasteiger partial charge in [-0.3, -0.25) is 14.5 Å². The van der Waals surface area contributed by atoms with Gasteiger partial charge < -0.3 is 5.73 Å². The number of nitrogens with zero attached hydrogens (tertiary/aromatic N) is 1. The van der Waals surface area contributed by atoms with Crippen LogP contribution in [0.2, 0.25) is 0 Å². The number of hydrogen-bond donors (Lipinski definition) is 1. The molecule has 0 aliphatic carbocycles. The maximum absolute atomic E-state index is 13.1.